The van der Waals surface area contributed by atoms with Crippen molar-refractivity contribution in [2.45, 2.75) is 13.3 Å². The minimum Gasteiger partial charge on any atom is -0.385 e. The van der Waals surface area contributed by atoms with Gasteiger partial charge in [-0.2, -0.15) is 0 Å². The SMILES string of the molecule is COCCCNC(=O)/C(=C\c1cccc([N+](=O)[O-])c1)NC(=O)c1ccc(C)cc1. The van der Waals surface area contributed by atoms with Crippen LogP contribution < -0.4 is 10.6 Å². The van der Waals surface area contributed by atoms with Crippen LogP contribution in [0, 0.1) is 17.0 Å². The highest BCUT2D eigenvalue weighted by Gasteiger charge is 2.15. The molecule has 152 valence electrons. The molecule has 2 aromatic carbocycles. The number of hydrogen-bond acceptors (Lipinski definition) is 5. The third kappa shape index (κ3) is 6.86. The van der Waals surface area contributed by atoms with E-state index in [1.54, 1.807) is 37.4 Å². The Balaban J connectivity index is 2.25. The molecule has 0 saturated carbocycles. The molecule has 0 radical (unpaired) electrons. The smallest absolute Gasteiger partial charge is 0.270 e. The summed E-state index contributed by atoms with van der Waals surface area (Å²) in [5.41, 5.74) is 1.71. The molecule has 8 nitrogen and oxygen atoms in total. The molecule has 0 saturated heterocycles. The summed E-state index contributed by atoms with van der Waals surface area (Å²) < 4.78 is 4.95. The molecule has 29 heavy (non-hydrogen) atoms. The highest BCUT2D eigenvalue weighted by molar-refractivity contribution is 6.05. The van der Waals surface area contributed by atoms with Gasteiger partial charge in [0.25, 0.3) is 17.5 Å². The standard InChI is InChI=1S/C21H23N3O5/c1-15-7-9-17(10-8-15)20(25)23-19(21(26)22-11-4-12-29-2)14-16-5-3-6-18(13-16)24(27)28/h3,5-10,13-14H,4,11-12H2,1-2H3,(H,22,26)(H,23,25)/b19-14+. The number of non-ortho nitro benzene ring substituents is 1. The average molecular weight is 397 g/mol. The Labute approximate surface area is 168 Å². The van der Waals surface area contributed by atoms with Gasteiger partial charge in [0.05, 0.1) is 4.92 Å². The van der Waals surface area contributed by atoms with Crippen LogP contribution in [-0.4, -0.2) is 37.0 Å². The van der Waals surface area contributed by atoms with Gasteiger partial charge in [0.2, 0.25) is 0 Å². The molecule has 0 heterocycles. The van der Waals surface area contributed by atoms with Gasteiger partial charge in [-0.15, -0.1) is 0 Å². The molecule has 0 bridgehead atoms. The molecule has 0 aliphatic carbocycles. The van der Waals surface area contributed by atoms with Gasteiger partial charge in [0, 0.05) is 38.0 Å². The first-order valence-electron chi connectivity index (χ1n) is 9.02. The number of aryl methyl sites for hydroxylation is 1. The molecule has 2 aromatic rings. The minimum atomic E-state index is -0.521. The molecule has 0 spiro atoms. The molecule has 8 heteroatoms. The first kappa shape index (κ1) is 21.8. The molecule has 2 rings (SSSR count). The van der Waals surface area contributed by atoms with Crippen molar-refractivity contribution < 1.29 is 19.2 Å². The van der Waals surface area contributed by atoms with Crippen LogP contribution in [0.3, 0.4) is 0 Å². The quantitative estimate of drug-likeness (QED) is 0.293. The molecular weight excluding hydrogens is 374 g/mol. The molecule has 0 atom stereocenters. The van der Waals surface area contributed by atoms with Crippen molar-refractivity contribution in [3.8, 4) is 0 Å². The van der Waals surface area contributed by atoms with Crippen LogP contribution in [0.5, 0.6) is 0 Å². The molecule has 0 unspecified atom stereocenters. The number of nitro benzene ring substituents is 1. The fourth-order valence-electron chi connectivity index (χ4n) is 2.47. The number of benzene rings is 2. The maximum atomic E-state index is 12.6. The molecule has 0 aliphatic rings. The first-order chi connectivity index (χ1) is 13.9. The monoisotopic (exact) mass is 397 g/mol. The molecule has 2 amide bonds. The molecular formula is C21H23N3O5. The van der Waals surface area contributed by atoms with E-state index in [1.807, 2.05) is 6.92 Å². The number of hydrogen-bond donors (Lipinski definition) is 2. The van der Waals surface area contributed by atoms with Gasteiger partial charge in [-0.05, 0) is 37.1 Å². The maximum absolute atomic E-state index is 12.6. The molecule has 0 aliphatic heterocycles. The number of rotatable bonds is 9. The second-order valence-corrected chi connectivity index (χ2v) is 6.33. The topological polar surface area (TPSA) is 111 Å². The van der Waals surface area contributed by atoms with Crippen LogP contribution in [0.15, 0.2) is 54.2 Å². The summed E-state index contributed by atoms with van der Waals surface area (Å²) in [7, 11) is 1.57. The number of nitro groups is 1. The lowest BCUT2D eigenvalue weighted by Crippen LogP contribution is -2.35. The number of methoxy groups -OCH3 is 1. The summed E-state index contributed by atoms with van der Waals surface area (Å²) in [6.07, 6.45) is 2.02. The Morgan fingerprint density at radius 3 is 2.55 bits per heavy atom. The summed E-state index contributed by atoms with van der Waals surface area (Å²) in [6, 6.07) is 12.7. The second-order valence-electron chi connectivity index (χ2n) is 6.33. The lowest BCUT2D eigenvalue weighted by atomic mass is 10.1. The van der Waals surface area contributed by atoms with E-state index < -0.39 is 16.7 Å². The summed E-state index contributed by atoms with van der Waals surface area (Å²) in [5, 5.41) is 16.3. The number of ether oxygens (including phenoxy) is 1. The first-order valence-corrected chi connectivity index (χ1v) is 9.02. The van der Waals surface area contributed by atoms with Gasteiger partial charge >= 0.3 is 0 Å². The highest BCUT2D eigenvalue weighted by Crippen LogP contribution is 2.15. The fraction of sp³-hybridized carbons (Fsp3) is 0.238. The van der Waals surface area contributed by atoms with Crippen LogP contribution in [0.25, 0.3) is 6.08 Å². The van der Waals surface area contributed by atoms with E-state index in [1.165, 1.54) is 24.3 Å². The number of carbonyl (C=O) groups is 2. The Hall–Kier alpha value is -3.52. The Morgan fingerprint density at radius 1 is 1.17 bits per heavy atom. The Morgan fingerprint density at radius 2 is 1.90 bits per heavy atom. The molecule has 2 N–H and O–H groups in total. The van der Waals surface area contributed by atoms with Gasteiger partial charge in [-0.3, -0.25) is 19.7 Å². The largest absolute Gasteiger partial charge is 0.385 e. The maximum Gasteiger partial charge on any atom is 0.270 e. The van der Waals surface area contributed by atoms with Gasteiger partial charge in [-0.1, -0.05) is 29.8 Å². The predicted octanol–water partition coefficient (Wildman–Crippen LogP) is 2.83. The predicted molar refractivity (Wildman–Crippen MR) is 109 cm³/mol. The van der Waals surface area contributed by atoms with E-state index in [0.717, 1.165) is 5.56 Å². The number of nitrogens with one attached hydrogen (secondary N) is 2. The lowest BCUT2D eigenvalue weighted by Gasteiger charge is -2.11. The normalized spacial score (nSPS) is 11.0. The van der Waals surface area contributed by atoms with Crippen LogP contribution in [0.1, 0.15) is 27.9 Å². The van der Waals surface area contributed by atoms with Gasteiger partial charge in [-0.25, -0.2) is 0 Å². The van der Waals surface area contributed by atoms with E-state index >= 15 is 0 Å². The van der Waals surface area contributed by atoms with Crippen molar-refractivity contribution in [3.05, 3.63) is 81.0 Å². The number of carbonyl (C=O) groups excluding carboxylic acids is 2. The highest BCUT2D eigenvalue weighted by atomic mass is 16.6. The second kappa shape index (κ2) is 10.7. The van der Waals surface area contributed by atoms with Crippen molar-refractivity contribution in [1.82, 2.24) is 10.6 Å². The van der Waals surface area contributed by atoms with Crippen LogP contribution >= 0.6 is 0 Å². The third-order valence-electron chi connectivity index (χ3n) is 4.01. The average Bonchev–Trinajstić information content (AvgIpc) is 2.71. The summed E-state index contributed by atoms with van der Waals surface area (Å²) >= 11 is 0. The fourth-order valence-corrected chi connectivity index (χ4v) is 2.47. The summed E-state index contributed by atoms with van der Waals surface area (Å²) in [6.45, 7) is 2.75. The van der Waals surface area contributed by atoms with E-state index in [9.17, 15) is 19.7 Å². The van der Waals surface area contributed by atoms with Gasteiger partial charge in [0.1, 0.15) is 5.70 Å². The lowest BCUT2D eigenvalue weighted by molar-refractivity contribution is -0.384. The van der Waals surface area contributed by atoms with E-state index in [2.05, 4.69) is 10.6 Å². The van der Waals surface area contributed by atoms with Crippen molar-refractivity contribution in [3.63, 3.8) is 0 Å². The van der Waals surface area contributed by atoms with E-state index in [-0.39, 0.29) is 11.4 Å². The Kier molecular flexibility index (Phi) is 8.05. The van der Waals surface area contributed by atoms with Crippen LogP contribution in [0.4, 0.5) is 5.69 Å². The zero-order valence-electron chi connectivity index (χ0n) is 16.3. The number of amides is 2. The zero-order chi connectivity index (χ0) is 21.2. The van der Waals surface area contributed by atoms with E-state index in [4.69, 9.17) is 4.74 Å². The van der Waals surface area contributed by atoms with Crippen molar-refractivity contribution in [1.29, 1.82) is 0 Å². The van der Waals surface area contributed by atoms with Crippen LogP contribution in [0.2, 0.25) is 0 Å². The van der Waals surface area contributed by atoms with E-state index in [0.29, 0.717) is 30.7 Å². The minimum absolute atomic E-state index is 0.00603. The Bertz CT molecular complexity index is 907. The van der Waals surface area contributed by atoms with Crippen molar-refractivity contribution in [2.24, 2.45) is 0 Å². The van der Waals surface area contributed by atoms with Crippen LogP contribution in [-0.2, 0) is 9.53 Å². The van der Waals surface area contributed by atoms with Crippen molar-refractivity contribution in [2.75, 3.05) is 20.3 Å². The third-order valence-corrected chi connectivity index (χ3v) is 4.01. The number of nitrogens with zero attached hydrogens (tertiary/aromatic N) is 1. The summed E-state index contributed by atoms with van der Waals surface area (Å²) in [5.74, 6) is -0.943. The molecule has 0 fully saturated rings. The van der Waals surface area contributed by atoms with Gasteiger partial charge < -0.3 is 15.4 Å². The van der Waals surface area contributed by atoms with Crippen molar-refractivity contribution >= 4 is 23.6 Å². The zero-order valence-corrected chi connectivity index (χ0v) is 16.3. The molecule has 0 aromatic heterocycles. The van der Waals surface area contributed by atoms with Gasteiger partial charge in [0.15, 0.2) is 0 Å². The summed E-state index contributed by atoms with van der Waals surface area (Å²) in [4.78, 5) is 35.6.